The van der Waals surface area contributed by atoms with Crippen LogP contribution in [-0.2, 0) is 11.8 Å². The van der Waals surface area contributed by atoms with Crippen molar-refractivity contribution in [3.63, 3.8) is 0 Å². The predicted octanol–water partition coefficient (Wildman–Crippen LogP) is 1.13. The maximum Gasteiger partial charge on any atom is 0.282 e. The van der Waals surface area contributed by atoms with E-state index in [0.29, 0.717) is 16.6 Å². The Labute approximate surface area is 102 Å². The number of hydrogen-bond donors (Lipinski definition) is 1. The summed E-state index contributed by atoms with van der Waals surface area (Å²) in [6, 6.07) is 0.371. The largest absolute Gasteiger partial charge is 0.381 e. The molecule has 1 N–H and O–H groups in total. The lowest BCUT2D eigenvalue weighted by Crippen LogP contribution is -2.40. The number of rotatable bonds is 3. The number of anilines is 1. The second-order valence-electron chi connectivity index (χ2n) is 3.97. The van der Waals surface area contributed by atoms with Crippen LogP contribution in [0.3, 0.4) is 0 Å². The minimum Gasteiger partial charge on any atom is -0.381 e. The summed E-state index contributed by atoms with van der Waals surface area (Å²) in [5.41, 5.74) is 0.621. The van der Waals surface area contributed by atoms with Crippen LogP contribution < -0.4 is 10.9 Å². The first kappa shape index (κ1) is 11.6. The molecule has 1 aliphatic carbocycles. The van der Waals surface area contributed by atoms with Crippen LogP contribution in [0.4, 0.5) is 5.69 Å². The van der Waals surface area contributed by atoms with E-state index < -0.39 is 0 Å². The van der Waals surface area contributed by atoms with Gasteiger partial charge in [0.25, 0.3) is 5.56 Å². The zero-order chi connectivity index (χ0) is 11.7. The van der Waals surface area contributed by atoms with E-state index in [-0.39, 0.29) is 5.56 Å². The van der Waals surface area contributed by atoms with Gasteiger partial charge in [-0.2, -0.15) is 5.10 Å². The van der Waals surface area contributed by atoms with Crippen LogP contribution in [0.5, 0.6) is 0 Å². The van der Waals surface area contributed by atoms with Crippen LogP contribution in [0, 0.1) is 0 Å². The normalized spacial score (nSPS) is 23.9. The summed E-state index contributed by atoms with van der Waals surface area (Å²) >= 11 is 3.28. The fraction of sp³-hybridized carbons (Fsp3) is 0.600. The first-order chi connectivity index (χ1) is 7.61. The zero-order valence-corrected chi connectivity index (χ0v) is 10.8. The molecule has 1 saturated carbocycles. The molecule has 1 fully saturated rings. The summed E-state index contributed by atoms with van der Waals surface area (Å²) in [6.45, 7) is 0. The molecule has 2 rings (SSSR count). The van der Waals surface area contributed by atoms with E-state index >= 15 is 0 Å². The van der Waals surface area contributed by atoms with Crippen molar-refractivity contribution in [2.45, 2.75) is 25.0 Å². The summed E-state index contributed by atoms with van der Waals surface area (Å²) in [5.74, 6) is 0. The third-order valence-corrected chi connectivity index (χ3v) is 3.63. The average Bonchev–Trinajstić information content (AvgIpc) is 2.22. The molecular formula is C10H14BrN3O2. The second kappa shape index (κ2) is 4.55. The smallest absolute Gasteiger partial charge is 0.282 e. The highest BCUT2D eigenvalue weighted by molar-refractivity contribution is 9.10. The molecule has 1 aromatic heterocycles. The molecule has 16 heavy (non-hydrogen) atoms. The van der Waals surface area contributed by atoms with Crippen LogP contribution in [0.1, 0.15) is 12.8 Å². The molecule has 1 heterocycles. The van der Waals surface area contributed by atoms with Gasteiger partial charge in [0.15, 0.2) is 0 Å². The molecule has 1 aliphatic rings. The van der Waals surface area contributed by atoms with Crippen molar-refractivity contribution in [2.24, 2.45) is 7.05 Å². The molecule has 0 amide bonds. The summed E-state index contributed by atoms with van der Waals surface area (Å²) in [6.07, 6.45) is 3.94. The van der Waals surface area contributed by atoms with E-state index in [0.717, 1.165) is 18.5 Å². The lowest BCUT2D eigenvalue weighted by Gasteiger charge is -2.35. The van der Waals surface area contributed by atoms with E-state index in [1.54, 1.807) is 20.4 Å². The Morgan fingerprint density at radius 2 is 2.31 bits per heavy atom. The van der Waals surface area contributed by atoms with Crippen molar-refractivity contribution in [3.8, 4) is 0 Å². The Morgan fingerprint density at radius 3 is 2.94 bits per heavy atom. The molecule has 0 saturated heterocycles. The van der Waals surface area contributed by atoms with Gasteiger partial charge >= 0.3 is 0 Å². The highest BCUT2D eigenvalue weighted by Gasteiger charge is 2.29. The van der Waals surface area contributed by atoms with E-state index in [2.05, 4.69) is 26.3 Å². The molecule has 0 bridgehead atoms. The molecule has 0 spiro atoms. The van der Waals surface area contributed by atoms with Crippen molar-refractivity contribution in [1.29, 1.82) is 0 Å². The second-order valence-corrected chi connectivity index (χ2v) is 4.76. The van der Waals surface area contributed by atoms with E-state index in [1.165, 1.54) is 4.68 Å². The van der Waals surface area contributed by atoms with Crippen LogP contribution in [0.15, 0.2) is 15.5 Å². The van der Waals surface area contributed by atoms with E-state index in [4.69, 9.17) is 4.74 Å². The molecule has 1 aromatic rings. The zero-order valence-electron chi connectivity index (χ0n) is 9.24. The first-order valence-electron chi connectivity index (χ1n) is 5.13. The Kier molecular flexibility index (Phi) is 3.30. The monoisotopic (exact) mass is 287 g/mol. The van der Waals surface area contributed by atoms with Crippen molar-refractivity contribution in [3.05, 3.63) is 21.0 Å². The standard InChI is InChI=1S/C10H14BrN3O2/c1-14-10(15)9(11)8(5-12-14)13-6-3-7(4-6)16-2/h5-7,13H,3-4H2,1-2H3. The number of halogens is 1. The van der Waals surface area contributed by atoms with Gasteiger partial charge in [0.05, 0.1) is 18.0 Å². The predicted molar refractivity (Wildman–Crippen MR) is 64.6 cm³/mol. The molecular weight excluding hydrogens is 274 g/mol. The van der Waals surface area contributed by atoms with Crippen LogP contribution >= 0.6 is 15.9 Å². The van der Waals surface area contributed by atoms with Gasteiger partial charge in [-0.3, -0.25) is 4.79 Å². The van der Waals surface area contributed by atoms with Gasteiger partial charge < -0.3 is 10.1 Å². The van der Waals surface area contributed by atoms with Crippen LogP contribution in [0.2, 0.25) is 0 Å². The molecule has 0 radical (unpaired) electrons. The minimum absolute atomic E-state index is 0.132. The van der Waals surface area contributed by atoms with Gasteiger partial charge in [0, 0.05) is 20.2 Å². The maximum atomic E-state index is 11.6. The summed E-state index contributed by atoms with van der Waals surface area (Å²) in [4.78, 5) is 11.6. The Hall–Kier alpha value is -0.880. The number of nitrogens with one attached hydrogen (secondary N) is 1. The molecule has 0 unspecified atom stereocenters. The summed E-state index contributed by atoms with van der Waals surface area (Å²) in [5, 5.41) is 7.25. The van der Waals surface area contributed by atoms with E-state index in [1.807, 2.05) is 0 Å². The van der Waals surface area contributed by atoms with Gasteiger partial charge in [0.1, 0.15) is 4.47 Å². The number of ether oxygens (including phenoxy) is 1. The Morgan fingerprint density at radius 1 is 1.62 bits per heavy atom. The number of aromatic nitrogens is 2. The third-order valence-electron chi connectivity index (χ3n) is 2.87. The van der Waals surface area contributed by atoms with Crippen molar-refractivity contribution < 1.29 is 4.74 Å². The SMILES string of the molecule is COC1CC(Nc2cnn(C)c(=O)c2Br)C1. The summed E-state index contributed by atoms with van der Waals surface area (Å²) in [7, 11) is 3.35. The molecule has 0 aliphatic heterocycles. The number of methoxy groups -OCH3 is 1. The molecule has 0 atom stereocenters. The number of hydrogen-bond acceptors (Lipinski definition) is 4. The van der Waals surface area contributed by atoms with Gasteiger partial charge in [-0.25, -0.2) is 4.68 Å². The lowest BCUT2D eigenvalue weighted by molar-refractivity contribution is 0.0328. The maximum absolute atomic E-state index is 11.6. The van der Waals surface area contributed by atoms with Crippen molar-refractivity contribution >= 4 is 21.6 Å². The average molecular weight is 288 g/mol. The third kappa shape index (κ3) is 2.12. The topological polar surface area (TPSA) is 56.1 Å². The lowest BCUT2D eigenvalue weighted by atomic mass is 9.89. The number of nitrogens with zero attached hydrogens (tertiary/aromatic N) is 2. The van der Waals surface area contributed by atoms with Gasteiger partial charge in [0.2, 0.25) is 0 Å². The Balaban J connectivity index is 2.06. The van der Waals surface area contributed by atoms with Crippen LogP contribution in [0.25, 0.3) is 0 Å². The fourth-order valence-electron chi connectivity index (χ4n) is 1.71. The van der Waals surface area contributed by atoms with Crippen LogP contribution in [-0.4, -0.2) is 29.0 Å². The number of aryl methyl sites for hydroxylation is 1. The van der Waals surface area contributed by atoms with E-state index in [9.17, 15) is 4.79 Å². The summed E-state index contributed by atoms with van der Waals surface area (Å²) < 4.78 is 7.03. The highest BCUT2D eigenvalue weighted by atomic mass is 79.9. The Bertz CT molecular complexity index is 440. The molecule has 88 valence electrons. The first-order valence-corrected chi connectivity index (χ1v) is 5.92. The van der Waals surface area contributed by atoms with Crippen molar-refractivity contribution in [2.75, 3.05) is 12.4 Å². The molecule has 6 heteroatoms. The highest BCUT2D eigenvalue weighted by Crippen LogP contribution is 2.27. The van der Waals surface area contributed by atoms with Gasteiger partial charge in [-0.05, 0) is 28.8 Å². The quantitative estimate of drug-likeness (QED) is 0.906. The van der Waals surface area contributed by atoms with Gasteiger partial charge in [-0.1, -0.05) is 0 Å². The minimum atomic E-state index is -0.132. The molecule has 0 aromatic carbocycles. The fourth-order valence-corrected chi connectivity index (χ4v) is 2.18. The van der Waals surface area contributed by atoms with Crippen molar-refractivity contribution in [1.82, 2.24) is 9.78 Å². The van der Waals surface area contributed by atoms with Gasteiger partial charge in [-0.15, -0.1) is 0 Å². The molecule has 5 nitrogen and oxygen atoms in total.